The number of aromatic nitrogens is 1. The molecule has 0 radical (unpaired) electrons. The first-order valence-corrected chi connectivity index (χ1v) is 11.7. The number of carbonyl (C=O) groups excluding carboxylic acids is 2. The molecule has 5 nitrogen and oxygen atoms in total. The van der Waals surface area contributed by atoms with Gasteiger partial charge in [0.1, 0.15) is 5.82 Å². The highest BCUT2D eigenvalue weighted by Gasteiger charge is 2.28. The van der Waals surface area contributed by atoms with Crippen LogP contribution in [0.1, 0.15) is 33.6 Å². The molecule has 1 fully saturated rings. The fourth-order valence-corrected chi connectivity index (χ4v) is 4.87. The van der Waals surface area contributed by atoms with Crippen molar-refractivity contribution >= 4 is 51.5 Å². The SMILES string of the molecule is O=C(Nc1ncc(Cc2cccc(Cl)c2Cl)s1)C1CCN(C(=O)c2ccc(F)cc2)CC1. The van der Waals surface area contributed by atoms with Crippen LogP contribution in [0.25, 0.3) is 0 Å². The van der Waals surface area contributed by atoms with E-state index in [0.717, 1.165) is 10.4 Å². The van der Waals surface area contributed by atoms with Gasteiger partial charge in [0.2, 0.25) is 5.91 Å². The lowest BCUT2D eigenvalue weighted by atomic mass is 9.95. The lowest BCUT2D eigenvalue weighted by Gasteiger charge is -2.31. The van der Waals surface area contributed by atoms with Crippen LogP contribution >= 0.6 is 34.5 Å². The summed E-state index contributed by atoms with van der Waals surface area (Å²) in [4.78, 5) is 32.2. The van der Waals surface area contributed by atoms with Gasteiger partial charge in [0.05, 0.1) is 10.0 Å². The number of thiazole rings is 1. The summed E-state index contributed by atoms with van der Waals surface area (Å²) < 4.78 is 13.1. The van der Waals surface area contributed by atoms with Crippen molar-refractivity contribution in [3.63, 3.8) is 0 Å². The third-order valence-corrected chi connectivity index (χ3v) is 7.19. The Bertz CT molecular complexity index is 1130. The smallest absolute Gasteiger partial charge is 0.253 e. The van der Waals surface area contributed by atoms with E-state index in [1.54, 1.807) is 17.2 Å². The minimum atomic E-state index is -0.377. The van der Waals surface area contributed by atoms with Crippen molar-refractivity contribution in [2.75, 3.05) is 18.4 Å². The molecule has 166 valence electrons. The van der Waals surface area contributed by atoms with Crippen LogP contribution < -0.4 is 5.32 Å². The van der Waals surface area contributed by atoms with Gasteiger partial charge in [0.25, 0.3) is 5.91 Å². The number of hydrogen-bond donors (Lipinski definition) is 1. The number of hydrogen-bond acceptors (Lipinski definition) is 4. The Hall–Kier alpha value is -2.48. The summed E-state index contributed by atoms with van der Waals surface area (Å²) in [6, 6.07) is 11.0. The standard InChI is InChI=1S/C23H20Cl2FN3O2S/c24-19-3-1-2-16(20(19)25)12-18-13-27-23(32-18)28-21(30)14-8-10-29(11-9-14)22(31)15-4-6-17(26)7-5-15/h1-7,13-14H,8-12H2,(H,27,28,30). The normalized spacial score (nSPS) is 14.4. The van der Waals surface area contributed by atoms with Crippen LogP contribution in [0.15, 0.2) is 48.7 Å². The zero-order valence-corrected chi connectivity index (χ0v) is 19.3. The van der Waals surface area contributed by atoms with Crippen LogP contribution in [-0.4, -0.2) is 34.8 Å². The van der Waals surface area contributed by atoms with E-state index in [4.69, 9.17) is 23.2 Å². The number of rotatable bonds is 5. The topological polar surface area (TPSA) is 62.3 Å². The first-order valence-electron chi connectivity index (χ1n) is 10.1. The van der Waals surface area contributed by atoms with Crippen molar-refractivity contribution in [2.24, 2.45) is 5.92 Å². The number of anilines is 1. The summed E-state index contributed by atoms with van der Waals surface area (Å²) >= 11 is 13.7. The molecule has 1 aliphatic heterocycles. The zero-order chi connectivity index (χ0) is 22.7. The fourth-order valence-electron chi connectivity index (χ4n) is 3.65. The van der Waals surface area contributed by atoms with E-state index >= 15 is 0 Å². The molecule has 2 heterocycles. The largest absolute Gasteiger partial charge is 0.339 e. The van der Waals surface area contributed by atoms with E-state index in [9.17, 15) is 14.0 Å². The van der Waals surface area contributed by atoms with Gasteiger partial charge in [0, 0.05) is 42.1 Å². The number of carbonyl (C=O) groups is 2. The maximum absolute atomic E-state index is 13.1. The van der Waals surface area contributed by atoms with E-state index in [-0.39, 0.29) is 23.5 Å². The summed E-state index contributed by atoms with van der Waals surface area (Å²) in [7, 11) is 0. The molecule has 9 heteroatoms. The van der Waals surface area contributed by atoms with Crippen LogP contribution in [0, 0.1) is 11.7 Å². The summed E-state index contributed by atoms with van der Waals surface area (Å²) in [6.07, 6.45) is 3.43. The first-order chi connectivity index (χ1) is 15.4. The Balaban J connectivity index is 1.30. The Kier molecular flexibility index (Phi) is 7.08. The molecule has 2 aromatic carbocycles. The molecule has 0 atom stereocenters. The molecule has 32 heavy (non-hydrogen) atoms. The van der Waals surface area contributed by atoms with Crippen molar-refractivity contribution in [1.82, 2.24) is 9.88 Å². The minimum absolute atomic E-state index is 0.0967. The number of nitrogens with one attached hydrogen (secondary N) is 1. The van der Waals surface area contributed by atoms with Gasteiger partial charge in [-0.05, 0) is 48.7 Å². The van der Waals surface area contributed by atoms with Crippen molar-refractivity contribution in [3.05, 3.63) is 80.5 Å². The van der Waals surface area contributed by atoms with Crippen LogP contribution in [0.4, 0.5) is 9.52 Å². The molecule has 2 amide bonds. The highest BCUT2D eigenvalue weighted by Crippen LogP contribution is 2.30. The molecule has 1 aromatic heterocycles. The second kappa shape index (κ2) is 9.98. The van der Waals surface area contributed by atoms with Crippen LogP contribution in [0.5, 0.6) is 0 Å². The summed E-state index contributed by atoms with van der Waals surface area (Å²) in [5.41, 5.74) is 1.35. The number of benzene rings is 2. The van der Waals surface area contributed by atoms with Crippen LogP contribution in [0.3, 0.4) is 0 Å². The molecule has 1 aliphatic rings. The highest BCUT2D eigenvalue weighted by atomic mass is 35.5. The second-order valence-corrected chi connectivity index (χ2v) is 9.48. The summed E-state index contributed by atoms with van der Waals surface area (Å²) in [5.74, 6) is -0.811. The van der Waals surface area contributed by atoms with Gasteiger partial charge in [-0.1, -0.05) is 35.3 Å². The molecule has 0 spiro atoms. The predicted molar refractivity (Wildman–Crippen MR) is 125 cm³/mol. The van der Waals surface area contributed by atoms with Gasteiger partial charge in [-0.15, -0.1) is 11.3 Å². The van der Waals surface area contributed by atoms with Crippen LogP contribution in [0.2, 0.25) is 10.0 Å². The lowest BCUT2D eigenvalue weighted by molar-refractivity contribution is -0.121. The van der Waals surface area contributed by atoms with Gasteiger partial charge in [0.15, 0.2) is 5.13 Å². The van der Waals surface area contributed by atoms with Crippen LogP contribution in [-0.2, 0) is 11.2 Å². The Morgan fingerprint density at radius 3 is 2.56 bits per heavy atom. The molecule has 0 unspecified atom stereocenters. The second-order valence-electron chi connectivity index (χ2n) is 7.58. The number of amides is 2. The van der Waals surface area contributed by atoms with Gasteiger partial charge in [-0.25, -0.2) is 9.37 Å². The monoisotopic (exact) mass is 491 g/mol. The molecule has 1 saturated heterocycles. The van der Waals surface area contributed by atoms with Crippen molar-refractivity contribution in [3.8, 4) is 0 Å². The molecule has 3 aromatic rings. The average Bonchev–Trinajstić information content (AvgIpc) is 3.24. The highest BCUT2D eigenvalue weighted by molar-refractivity contribution is 7.15. The molecule has 0 aliphatic carbocycles. The van der Waals surface area contributed by atoms with E-state index in [1.807, 2.05) is 12.1 Å². The molecule has 0 saturated carbocycles. The predicted octanol–water partition coefficient (Wildman–Crippen LogP) is 5.67. The molecule has 1 N–H and O–H groups in total. The van der Waals surface area contributed by atoms with Gasteiger partial charge < -0.3 is 10.2 Å². The zero-order valence-electron chi connectivity index (χ0n) is 17.0. The Morgan fingerprint density at radius 2 is 1.84 bits per heavy atom. The molecular weight excluding hydrogens is 472 g/mol. The molecule has 0 bridgehead atoms. The van der Waals surface area contributed by atoms with Crippen molar-refractivity contribution in [2.45, 2.75) is 19.3 Å². The lowest BCUT2D eigenvalue weighted by Crippen LogP contribution is -2.41. The van der Waals surface area contributed by atoms with Crippen molar-refractivity contribution < 1.29 is 14.0 Å². The molecule has 4 rings (SSSR count). The maximum atomic E-state index is 13.1. The first kappa shape index (κ1) is 22.7. The van der Waals surface area contributed by atoms with Gasteiger partial charge in [-0.3, -0.25) is 9.59 Å². The van der Waals surface area contributed by atoms with E-state index in [1.165, 1.54) is 35.6 Å². The van der Waals surface area contributed by atoms with E-state index < -0.39 is 0 Å². The average molecular weight is 492 g/mol. The van der Waals surface area contributed by atoms with E-state index in [2.05, 4.69) is 10.3 Å². The summed E-state index contributed by atoms with van der Waals surface area (Å²) in [5, 5.41) is 4.45. The number of nitrogens with zero attached hydrogens (tertiary/aromatic N) is 2. The van der Waals surface area contributed by atoms with Gasteiger partial charge in [-0.2, -0.15) is 0 Å². The molecular formula is C23H20Cl2FN3O2S. The number of piperidine rings is 1. The van der Waals surface area contributed by atoms with Crippen molar-refractivity contribution in [1.29, 1.82) is 0 Å². The quantitative estimate of drug-likeness (QED) is 0.499. The fraction of sp³-hybridized carbons (Fsp3) is 0.261. The summed E-state index contributed by atoms with van der Waals surface area (Å²) in [6.45, 7) is 0.954. The Labute approximate surface area is 199 Å². The maximum Gasteiger partial charge on any atom is 0.253 e. The third-order valence-electron chi connectivity index (χ3n) is 5.42. The van der Waals surface area contributed by atoms with Gasteiger partial charge >= 0.3 is 0 Å². The van der Waals surface area contributed by atoms with E-state index in [0.29, 0.717) is 53.1 Å². The number of halogens is 3. The Morgan fingerprint density at radius 1 is 1.12 bits per heavy atom. The number of likely N-dealkylation sites (tertiary alicyclic amines) is 1. The minimum Gasteiger partial charge on any atom is -0.339 e. The third kappa shape index (κ3) is 5.28.